The first-order valence-electron chi connectivity index (χ1n) is 11.3. The van der Waals surface area contributed by atoms with Gasteiger partial charge in [-0.05, 0) is 35.1 Å². The van der Waals surface area contributed by atoms with Crippen LogP contribution >= 0.6 is 11.3 Å². The summed E-state index contributed by atoms with van der Waals surface area (Å²) in [6.07, 6.45) is 0. The molecule has 0 spiro atoms. The minimum absolute atomic E-state index is 0.0313. The summed E-state index contributed by atoms with van der Waals surface area (Å²) in [6.45, 7) is 5.42. The molecule has 34 heavy (non-hydrogen) atoms. The van der Waals surface area contributed by atoms with E-state index in [0.717, 1.165) is 10.4 Å². The van der Waals surface area contributed by atoms with Crippen LogP contribution in [0.5, 0.6) is 11.5 Å². The molecule has 2 amide bonds. The summed E-state index contributed by atoms with van der Waals surface area (Å²) in [4.78, 5) is 31.8. The molecule has 0 bridgehead atoms. The van der Waals surface area contributed by atoms with E-state index in [0.29, 0.717) is 36.7 Å². The zero-order valence-electron chi connectivity index (χ0n) is 20.2. The number of hydrogen-bond donors (Lipinski definition) is 0. The third-order valence-corrected chi connectivity index (χ3v) is 6.20. The highest BCUT2D eigenvalue weighted by molar-refractivity contribution is 7.09. The predicted octanol–water partition coefficient (Wildman–Crippen LogP) is 5.09. The monoisotopic (exact) mass is 480 g/mol. The molecule has 3 aromatic rings. The maximum Gasteiger partial charge on any atom is 0.261 e. The van der Waals surface area contributed by atoms with Crippen molar-refractivity contribution in [2.75, 3.05) is 27.3 Å². The third-order valence-electron chi connectivity index (χ3n) is 5.34. The van der Waals surface area contributed by atoms with Gasteiger partial charge < -0.3 is 19.3 Å². The fourth-order valence-corrected chi connectivity index (χ4v) is 4.49. The number of carbonyl (C=O) groups excluding carboxylic acids is 2. The normalized spacial score (nSPS) is 10.7. The number of benzene rings is 2. The summed E-state index contributed by atoms with van der Waals surface area (Å²) in [5.41, 5.74) is 1.37. The van der Waals surface area contributed by atoms with Crippen LogP contribution in [0.4, 0.5) is 0 Å². The Balaban J connectivity index is 1.88. The number of nitrogens with zero attached hydrogens (tertiary/aromatic N) is 2. The highest BCUT2D eigenvalue weighted by Crippen LogP contribution is 2.30. The number of thiophene rings is 1. The summed E-state index contributed by atoms with van der Waals surface area (Å²) in [5.74, 6) is 0.625. The molecule has 1 heterocycles. The van der Waals surface area contributed by atoms with E-state index >= 15 is 0 Å². The molecular weight excluding hydrogens is 448 g/mol. The lowest BCUT2D eigenvalue weighted by Gasteiger charge is -2.29. The zero-order chi connectivity index (χ0) is 24.5. The van der Waals surface area contributed by atoms with Gasteiger partial charge >= 0.3 is 0 Å². The van der Waals surface area contributed by atoms with Crippen LogP contribution in [0.2, 0.25) is 0 Å². The Morgan fingerprint density at radius 1 is 0.853 bits per heavy atom. The Morgan fingerprint density at radius 3 is 2.09 bits per heavy atom. The number of carbonyl (C=O) groups is 2. The quantitative estimate of drug-likeness (QED) is 0.383. The van der Waals surface area contributed by atoms with Crippen molar-refractivity contribution in [1.29, 1.82) is 0 Å². The molecule has 2 aromatic carbocycles. The van der Waals surface area contributed by atoms with E-state index in [9.17, 15) is 9.59 Å². The van der Waals surface area contributed by atoms with E-state index < -0.39 is 0 Å². The van der Waals surface area contributed by atoms with Crippen LogP contribution in [0.25, 0.3) is 0 Å². The van der Waals surface area contributed by atoms with Crippen LogP contribution in [-0.4, -0.2) is 48.9 Å². The lowest BCUT2D eigenvalue weighted by molar-refractivity contribution is -0.133. The Kier molecular flexibility index (Phi) is 9.10. The summed E-state index contributed by atoms with van der Waals surface area (Å²) in [5, 5.41) is 2.00. The van der Waals surface area contributed by atoms with Gasteiger partial charge in [-0.25, -0.2) is 0 Å². The smallest absolute Gasteiger partial charge is 0.261 e. The number of hydrogen-bond acceptors (Lipinski definition) is 5. The van der Waals surface area contributed by atoms with Gasteiger partial charge in [0, 0.05) is 18.0 Å². The Bertz CT molecular complexity index is 1050. The molecule has 0 radical (unpaired) electrons. The largest absolute Gasteiger partial charge is 0.496 e. The lowest BCUT2D eigenvalue weighted by atomic mass is 10.1. The molecule has 0 N–H and O–H groups in total. The van der Waals surface area contributed by atoms with Crippen molar-refractivity contribution in [1.82, 2.24) is 9.80 Å². The van der Waals surface area contributed by atoms with Crippen molar-refractivity contribution in [3.63, 3.8) is 0 Å². The lowest BCUT2D eigenvalue weighted by Crippen LogP contribution is -2.44. The molecule has 180 valence electrons. The highest BCUT2D eigenvalue weighted by atomic mass is 32.1. The molecule has 0 unspecified atom stereocenters. The fourth-order valence-electron chi connectivity index (χ4n) is 3.77. The summed E-state index contributed by atoms with van der Waals surface area (Å²) < 4.78 is 10.9. The second kappa shape index (κ2) is 12.2. The highest BCUT2D eigenvalue weighted by Gasteiger charge is 2.28. The SMILES string of the molecule is COc1cccc(OC)c1C(=O)N(CC(=O)N(Cc1ccccc1)Cc1cccs1)CC(C)C. The van der Waals surface area contributed by atoms with Crippen molar-refractivity contribution in [3.05, 3.63) is 82.0 Å². The molecule has 6 nitrogen and oxygen atoms in total. The number of ether oxygens (including phenoxy) is 2. The van der Waals surface area contributed by atoms with Crippen molar-refractivity contribution in [2.45, 2.75) is 26.9 Å². The predicted molar refractivity (Wildman–Crippen MR) is 135 cm³/mol. The van der Waals surface area contributed by atoms with E-state index in [1.807, 2.05) is 61.7 Å². The van der Waals surface area contributed by atoms with Gasteiger partial charge in [0.15, 0.2) is 0 Å². The van der Waals surface area contributed by atoms with Gasteiger partial charge in [0.2, 0.25) is 5.91 Å². The van der Waals surface area contributed by atoms with E-state index in [1.54, 1.807) is 39.3 Å². The van der Waals surface area contributed by atoms with Crippen molar-refractivity contribution in [3.8, 4) is 11.5 Å². The van der Waals surface area contributed by atoms with Crippen LogP contribution < -0.4 is 9.47 Å². The third kappa shape index (κ3) is 6.60. The van der Waals surface area contributed by atoms with E-state index in [1.165, 1.54) is 14.2 Å². The molecule has 0 aliphatic rings. The van der Waals surface area contributed by atoms with Crippen molar-refractivity contribution in [2.24, 2.45) is 5.92 Å². The first kappa shape index (κ1) is 25.3. The maximum absolute atomic E-state index is 13.7. The van der Waals surface area contributed by atoms with Crippen LogP contribution in [0, 0.1) is 5.92 Å². The molecule has 0 aliphatic heterocycles. The Labute approximate surface area is 205 Å². The average molecular weight is 481 g/mol. The molecule has 0 atom stereocenters. The molecular formula is C27H32N2O4S. The van der Waals surface area contributed by atoms with Crippen LogP contribution in [0.15, 0.2) is 66.0 Å². The minimum atomic E-state index is -0.285. The number of rotatable bonds is 11. The van der Waals surface area contributed by atoms with Gasteiger partial charge in [-0.2, -0.15) is 0 Å². The summed E-state index contributed by atoms with van der Waals surface area (Å²) in [6, 6.07) is 19.1. The number of amides is 2. The zero-order valence-corrected chi connectivity index (χ0v) is 21.0. The van der Waals surface area contributed by atoms with Crippen molar-refractivity contribution >= 4 is 23.2 Å². The first-order valence-corrected chi connectivity index (χ1v) is 12.1. The van der Waals surface area contributed by atoms with Gasteiger partial charge in [-0.3, -0.25) is 9.59 Å². The molecule has 7 heteroatoms. The van der Waals surface area contributed by atoms with Crippen LogP contribution in [0.3, 0.4) is 0 Å². The number of methoxy groups -OCH3 is 2. The second-order valence-corrected chi connectivity index (χ2v) is 9.46. The van der Waals surface area contributed by atoms with Gasteiger partial charge in [0.05, 0.1) is 20.8 Å². The van der Waals surface area contributed by atoms with Gasteiger partial charge in [0.1, 0.15) is 23.6 Å². The Hall–Kier alpha value is -3.32. The van der Waals surface area contributed by atoms with Gasteiger partial charge in [0.25, 0.3) is 5.91 Å². The van der Waals surface area contributed by atoms with E-state index in [2.05, 4.69) is 0 Å². The van der Waals surface area contributed by atoms with E-state index in [-0.39, 0.29) is 24.3 Å². The van der Waals surface area contributed by atoms with Gasteiger partial charge in [-0.1, -0.05) is 56.3 Å². The van der Waals surface area contributed by atoms with Gasteiger partial charge in [-0.15, -0.1) is 11.3 Å². The molecule has 0 saturated carbocycles. The first-order chi connectivity index (χ1) is 16.4. The molecule has 0 aliphatic carbocycles. The maximum atomic E-state index is 13.7. The standard InChI is InChI=1S/C27H32N2O4S/c1-20(2)16-29(27(31)26-23(32-3)13-8-14-24(26)33-4)19-25(30)28(18-22-12-9-15-34-22)17-21-10-6-5-7-11-21/h5-15,20H,16-19H2,1-4H3. The summed E-state index contributed by atoms with van der Waals surface area (Å²) >= 11 is 1.61. The fraction of sp³-hybridized carbons (Fsp3) is 0.333. The van der Waals surface area contributed by atoms with Crippen LogP contribution in [0.1, 0.15) is 34.6 Å². The second-order valence-electron chi connectivity index (χ2n) is 8.43. The minimum Gasteiger partial charge on any atom is -0.496 e. The average Bonchev–Trinajstić information content (AvgIpc) is 3.35. The Morgan fingerprint density at radius 2 is 1.53 bits per heavy atom. The van der Waals surface area contributed by atoms with E-state index in [4.69, 9.17) is 9.47 Å². The topological polar surface area (TPSA) is 59.1 Å². The summed E-state index contributed by atoms with van der Waals surface area (Å²) in [7, 11) is 3.04. The van der Waals surface area contributed by atoms with Crippen LogP contribution in [-0.2, 0) is 17.9 Å². The molecule has 0 saturated heterocycles. The molecule has 0 fully saturated rings. The molecule has 3 rings (SSSR count). The molecule has 1 aromatic heterocycles. The van der Waals surface area contributed by atoms with Crippen molar-refractivity contribution < 1.29 is 19.1 Å².